The van der Waals surface area contributed by atoms with Crippen LogP contribution in [0.25, 0.3) is 16.7 Å². The fraction of sp³-hybridized carbons (Fsp3) is 0.143. The lowest BCUT2D eigenvalue weighted by molar-refractivity contribution is -0.132. The molecule has 0 spiro atoms. The molecule has 1 unspecified atom stereocenters. The summed E-state index contributed by atoms with van der Waals surface area (Å²) >= 11 is 6.15. The zero-order valence-electron chi connectivity index (χ0n) is 18.8. The third kappa shape index (κ3) is 3.49. The molecule has 1 amide bonds. The predicted octanol–water partition coefficient (Wildman–Crippen LogP) is 6.02. The van der Waals surface area contributed by atoms with Crippen LogP contribution in [0.2, 0.25) is 5.02 Å². The molecule has 34 heavy (non-hydrogen) atoms. The van der Waals surface area contributed by atoms with E-state index in [1.807, 2.05) is 66.3 Å². The normalized spacial score (nSPS) is 17.6. The Morgan fingerprint density at radius 2 is 1.74 bits per heavy atom. The third-order valence-corrected chi connectivity index (χ3v) is 6.62. The summed E-state index contributed by atoms with van der Waals surface area (Å²) in [4.78, 5) is 28.3. The molecule has 170 valence electrons. The number of para-hydroxylation sites is 1. The van der Waals surface area contributed by atoms with Gasteiger partial charge in [-0.25, -0.2) is 0 Å². The van der Waals surface area contributed by atoms with Crippen LogP contribution in [-0.2, 0) is 23.1 Å². The third-order valence-electron chi connectivity index (χ3n) is 6.39. The lowest BCUT2D eigenvalue weighted by Gasteiger charge is -2.25. The minimum atomic E-state index is -0.794. The van der Waals surface area contributed by atoms with E-state index in [-0.39, 0.29) is 11.3 Å². The number of aliphatic hydroxyl groups excluding tert-OH is 1. The Balaban J connectivity index is 1.79. The van der Waals surface area contributed by atoms with E-state index >= 15 is 0 Å². The van der Waals surface area contributed by atoms with Gasteiger partial charge in [-0.2, -0.15) is 0 Å². The van der Waals surface area contributed by atoms with E-state index in [9.17, 15) is 14.7 Å². The Morgan fingerprint density at radius 3 is 2.44 bits per heavy atom. The van der Waals surface area contributed by atoms with Crippen molar-refractivity contribution in [2.75, 3.05) is 4.90 Å². The van der Waals surface area contributed by atoms with E-state index in [2.05, 4.69) is 6.92 Å². The van der Waals surface area contributed by atoms with Gasteiger partial charge in [-0.15, -0.1) is 0 Å². The Hall–Kier alpha value is -3.83. The van der Waals surface area contributed by atoms with E-state index < -0.39 is 17.7 Å². The van der Waals surface area contributed by atoms with Gasteiger partial charge >= 0.3 is 0 Å². The van der Waals surface area contributed by atoms with Crippen LogP contribution < -0.4 is 4.90 Å². The summed E-state index contributed by atoms with van der Waals surface area (Å²) in [6.07, 6.45) is 2.78. The van der Waals surface area contributed by atoms with Gasteiger partial charge in [0.1, 0.15) is 5.76 Å². The van der Waals surface area contributed by atoms with Crippen molar-refractivity contribution in [1.29, 1.82) is 0 Å². The Kier molecular flexibility index (Phi) is 5.50. The molecule has 1 fully saturated rings. The first-order valence-corrected chi connectivity index (χ1v) is 11.5. The number of ketones is 1. The topological polar surface area (TPSA) is 62.5 Å². The van der Waals surface area contributed by atoms with Gasteiger partial charge in [-0.1, -0.05) is 61.0 Å². The van der Waals surface area contributed by atoms with Crippen LogP contribution in [0.5, 0.6) is 0 Å². The van der Waals surface area contributed by atoms with Crippen molar-refractivity contribution in [3.63, 3.8) is 0 Å². The molecule has 1 aliphatic rings. The molecule has 0 saturated carbocycles. The molecule has 0 bridgehead atoms. The predicted molar refractivity (Wildman–Crippen MR) is 135 cm³/mol. The number of benzene rings is 3. The first-order chi connectivity index (χ1) is 16.4. The molecule has 1 aromatic heterocycles. The van der Waals surface area contributed by atoms with Gasteiger partial charge in [-0.05, 0) is 42.3 Å². The summed E-state index contributed by atoms with van der Waals surface area (Å²) < 4.78 is 1.96. The lowest BCUT2D eigenvalue weighted by atomic mass is 9.94. The second-order valence-electron chi connectivity index (χ2n) is 8.41. The maximum absolute atomic E-state index is 13.4. The quantitative estimate of drug-likeness (QED) is 0.225. The molecule has 3 aromatic carbocycles. The average molecular weight is 471 g/mol. The summed E-state index contributed by atoms with van der Waals surface area (Å²) in [6, 6.07) is 21.3. The number of fused-ring (bicyclic) bond motifs is 1. The zero-order chi connectivity index (χ0) is 24.0. The minimum absolute atomic E-state index is 0.0446. The molecule has 1 aliphatic heterocycles. The summed E-state index contributed by atoms with van der Waals surface area (Å²) in [6.45, 7) is 2.06. The van der Waals surface area contributed by atoms with Crippen LogP contribution in [0.4, 0.5) is 5.69 Å². The SMILES string of the molecule is CCc1ccc(N2C(=O)C(=O)/C(=C(/O)c3cccc(Cl)c3)C2c2cn(C)c3ccccc23)cc1. The number of aromatic nitrogens is 1. The smallest absolute Gasteiger partial charge is 0.300 e. The molecule has 1 N–H and O–H groups in total. The van der Waals surface area contributed by atoms with Crippen LogP contribution in [0.1, 0.15) is 29.7 Å². The van der Waals surface area contributed by atoms with Crippen molar-refractivity contribution < 1.29 is 14.7 Å². The van der Waals surface area contributed by atoms with E-state index in [4.69, 9.17) is 11.6 Å². The van der Waals surface area contributed by atoms with E-state index in [1.54, 1.807) is 24.3 Å². The number of aliphatic hydroxyl groups is 1. The number of hydrogen-bond donors (Lipinski definition) is 1. The van der Waals surface area contributed by atoms with Crippen LogP contribution in [-0.4, -0.2) is 21.4 Å². The van der Waals surface area contributed by atoms with Gasteiger partial charge < -0.3 is 9.67 Å². The number of carbonyl (C=O) groups excluding carboxylic acids is 2. The van der Waals surface area contributed by atoms with Gasteiger partial charge in [0.2, 0.25) is 0 Å². The van der Waals surface area contributed by atoms with Crippen molar-refractivity contribution in [3.05, 3.63) is 106 Å². The summed E-state index contributed by atoms with van der Waals surface area (Å²) in [5, 5.41) is 12.6. The van der Waals surface area contributed by atoms with Gasteiger partial charge in [0.15, 0.2) is 0 Å². The van der Waals surface area contributed by atoms with Crippen LogP contribution in [0.15, 0.2) is 84.6 Å². The van der Waals surface area contributed by atoms with Gasteiger partial charge in [0.05, 0.1) is 11.6 Å². The van der Waals surface area contributed by atoms with Crippen LogP contribution >= 0.6 is 11.6 Å². The fourth-order valence-corrected chi connectivity index (χ4v) is 4.86. The molecule has 0 radical (unpaired) electrons. The minimum Gasteiger partial charge on any atom is -0.507 e. The van der Waals surface area contributed by atoms with Gasteiger partial charge in [0.25, 0.3) is 11.7 Å². The van der Waals surface area contributed by atoms with Crippen molar-refractivity contribution in [2.45, 2.75) is 19.4 Å². The molecule has 2 heterocycles. The first-order valence-electron chi connectivity index (χ1n) is 11.1. The number of carbonyl (C=O) groups is 2. The lowest BCUT2D eigenvalue weighted by Crippen LogP contribution is -2.29. The standard InChI is InChI=1S/C28H23ClN2O3/c1-3-17-11-13-20(14-12-17)31-25(22-16-30(2)23-10-5-4-9-21(22)23)24(27(33)28(31)34)26(32)18-7-6-8-19(29)15-18/h4-16,25,32H,3H2,1-2H3/b26-24+. The Labute approximate surface area is 202 Å². The molecular formula is C28H23ClN2O3. The monoisotopic (exact) mass is 470 g/mol. The highest BCUT2D eigenvalue weighted by molar-refractivity contribution is 6.52. The molecule has 5 nitrogen and oxygen atoms in total. The molecule has 1 saturated heterocycles. The van der Waals surface area contributed by atoms with Crippen molar-refractivity contribution in [3.8, 4) is 0 Å². The number of amides is 1. The molecule has 1 atom stereocenters. The largest absolute Gasteiger partial charge is 0.507 e. The molecule has 6 heteroatoms. The summed E-state index contributed by atoms with van der Waals surface area (Å²) in [7, 11) is 1.92. The fourth-order valence-electron chi connectivity index (χ4n) is 4.67. The summed E-state index contributed by atoms with van der Waals surface area (Å²) in [5.41, 5.74) is 3.89. The highest BCUT2D eigenvalue weighted by Crippen LogP contribution is 2.44. The van der Waals surface area contributed by atoms with Gasteiger partial charge in [0, 0.05) is 46.0 Å². The molecule has 4 aromatic rings. The van der Waals surface area contributed by atoms with Crippen LogP contribution in [0.3, 0.4) is 0 Å². The number of anilines is 1. The number of halogens is 1. The number of aryl methyl sites for hydroxylation is 2. The molecule has 5 rings (SSSR count). The van der Waals surface area contributed by atoms with Crippen LogP contribution in [0, 0.1) is 0 Å². The number of hydrogen-bond acceptors (Lipinski definition) is 3. The summed E-state index contributed by atoms with van der Waals surface area (Å²) in [5.74, 6) is -1.65. The first kappa shape index (κ1) is 22.0. The van der Waals surface area contributed by atoms with E-state index in [0.717, 1.165) is 28.5 Å². The van der Waals surface area contributed by atoms with E-state index in [1.165, 1.54) is 4.90 Å². The number of rotatable bonds is 4. The van der Waals surface area contributed by atoms with E-state index in [0.29, 0.717) is 16.3 Å². The van der Waals surface area contributed by atoms with Crippen molar-refractivity contribution in [2.24, 2.45) is 7.05 Å². The highest BCUT2D eigenvalue weighted by Gasteiger charge is 2.47. The zero-order valence-corrected chi connectivity index (χ0v) is 19.6. The molecule has 0 aliphatic carbocycles. The molecular weight excluding hydrogens is 448 g/mol. The Morgan fingerprint density at radius 1 is 1.00 bits per heavy atom. The van der Waals surface area contributed by atoms with Gasteiger partial charge in [-0.3, -0.25) is 14.5 Å². The highest BCUT2D eigenvalue weighted by atomic mass is 35.5. The second-order valence-corrected chi connectivity index (χ2v) is 8.85. The Bertz CT molecular complexity index is 1470. The van der Waals surface area contributed by atoms with Crippen molar-refractivity contribution >= 4 is 45.6 Å². The second kappa shape index (κ2) is 8.50. The maximum atomic E-state index is 13.4. The maximum Gasteiger partial charge on any atom is 0.300 e. The number of nitrogens with zero attached hydrogens (tertiary/aromatic N) is 2. The average Bonchev–Trinajstić information content (AvgIpc) is 3.32. The number of Topliss-reactive ketones (excluding diaryl/α,β-unsaturated/α-hetero) is 1. The van der Waals surface area contributed by atoms with Crippen molar-refractivity contribution in [1.82, 2.24) is 4.57 Å².